The van der Waals surface area contributed by atoms with Crippen molar-refractivity contribution in [2.45, 2.75) is 25.5 Å². The number of hydrogen-bond donors (Lipinski definition) is 0. The third kappa shape index (κ3) is 3.01. The number of halogens is 1. The van der Waals surface area contributed by atoms with Crippen LogP contribution in [0.2, 0.25) is 5.02 Å². The van der Waals surface area contributed by atoms with Gasteiger partial charge in [-0.2, -0.15) is 11.8 Å². The first-order chi connectivity index (χ1) is 8.39. The van der Waals surface area contributed by atoms with Crippen LogP contribution >= 0.6 is 23.4 Å². The van der Waals surface area contributed by atoms with Gasteiger partial charge < -0.3 is 4.90 Å². The number of ketones is 1. The third-order valence-electron chi connectivity index (χ3n) is 3.12. The summed E-state index contributed by atoms with van der Waals surface area (Å²) in [5.74, 6) is 1.16. The number of Topliss-reactive ketones (excluding diaryl/α,β-unsaturated/α-hetero) is 1. The van der Waals surface area contributed by atoms with Crippen LogP contribution in [0.25, 0.3) is 0 Å². The van der Waals surface area contributed by atoms with Crippen LogP contribution in [-0.2, 0) is 0 Å². The van der Waals surface area contributed by atoms with Crippen molar-refractivity contribution in [1.29, 1.82) is 0 Å². The molecule has 0 saturated carbocycles. The summed E-state index contributed by atoms with van der Waals surface area (Å²) < 4.78 is 0.251. The molecule has 1 aliphatic rings. The number of hydrogen-bond acceptors (Lipinski definition) is 3. The highest BCUT2D eigenvalue weighted by molar-refractivity contribution is 8.00. The van der Waals surface area contributed by atoms with Crippen molar-refractivity contribution in [3.63, 3.8) is 0 Å². The van der Waals surface area contributed by atoms with Gasteiger partial charge >= 0.3 is 0 Å². The summed E-state index contributed by atoms with van der Waals surface area (Å²) in [5, 5.41) is 0.672. The van der Waals surface area contributed by atoms with Gasteiger partial charge in [-0.05, 0) is 39.0 Å². The van der Waals surface area contributed by atoms with E-state index >= 15 is 0 Å². The minimum Gasteiger partial charge on any atom is -0.368 e. The van der Waals surface area contributed by atoms with Gasteiger partial charge in [-0.25, -0.2) is 0 Å². The fourth-order valence-electron chi connectivity index (χ4n) is 2.20. The summed E-state index contributed by atoms with van der Waals surface area (Å²) in [6, 6.07) is 5.59. The molecule has 18 heavy (non-hydrogen) atoms. The molecule has 0 aliphatic carbocycles. The molecule has 1 aromatic carbocycles. The van der Waals surface area contributed by atoms with Crippen molar-refractivity contribution in [1.82, 2.24) is 0 Å². The third-order valence-corrected chi connectivity index (χ3v) is 4.72. The Kier molecular flexibility index (Phi) is 3.93. The Hall–Kier alpha value is -0.670. The molecule has 0 bridgehead atoms. The van der Waals surface area contributed by atoms with E-state index in [9.17, 15) is 4.79 Å². The lowest BCUT2D eigenvalue weighted by atomic mass is 10.1. The van der Waals surface area contributed by atoms with E-state index in [0.717, 1.165) is 24.5 Å². The predicted molar refractivity (Wildman–Crippen MR) is 80.2 cm³/mol. The number of anilines is 1. The van der Waals surface area contributed by atoms with Crippen LogP contribution in [-0.4, -0.2) is 29.4 Å². The van der Waals surface area contributed by atoms with Gasteiger partial charge in [0.25, 0.3) is 0 Å². The molecule has 0 atom stereocenters. The number of carbonyl (C=O) groups excluding carboxylic acids is 1. The molecular weight excluding hydrogens is 266 g/mol. The lowest BCUT2D eigenvalue weighted by molar-refractivity contribution is 0.101. The number of thioether (sulfide) groups is 1. The fourth-order valence-corrected chi connectivity index (χ4v) is 3.62. The molecule has 98 valence electrons. The summed E-state index contributed by atoms with van der Waals surface area (Å²) in [5.41, 5.74) is 1.71. The van der Waals surface area contributed by atoms with Gasteiger partial charge in [-0.3, -0.25) is 4.79 Å². The molecular formula is C14H18ClNOS. The molecule has 1 fully saturated rings. The molecule has 0 N–H and O–H groups in total. The van der Waals surface area contributed by atoms with Gasteiger partial charge in [0, 0.05) is 29.2 Å². The monoisotopic (exact) mass is 283 g/mol. The first-order valence-corrected chi connectivity index (χ1v) is 7.45. The molecule has 2 rings (SSSR count). The van der Waals surface area contributed by atoms with Crippen LogP contribution in [0.1, 0.15) is 31.1 Å². The quantitative estimate of drug-likeness (QED) is 0.769. The Morgan fingerprint density at radius 3 is 2.72 bits per heavy atom. The average Bonchev–Trinajstić information content (AvgIpc) is 2.27. The number of carbonyl (C=O) groups is 1. The summed E-state index contributed by atoms with van der Waals surface area (Å²) in [7, 11) is 0. The molecule has 0 amide bonds. The average molecular weight is 284 g/mol. The fraction of sp³-hybridized carbons (Fsp3) is 0.500. The van der Waals surface area contributed by atoms with Crippen molar-refractivity contribution < 1.29 is 4.79 Å². The molecule has 0 spiro atoms. The smallest absolute Gasteiger partial charge is 0.159 e. The van der Waals surface area contributed by atoms with Crippen molar-refractivity contribution >= 4 is 34.8 Å². The largest absolute Gasteiger partial charge is 0.368 e. The van der Waals surface area contributed by atoms with Crippen LogP contribution < -0.4 is 4.90 Å². The summed E-state index contributed by atoms with van der Waals surface area (Å²) in [6.45, 7) is 8.05. The van der Waals surface area contributed by atoms with Gasteiger partial charge in [0.2, 0.25) is 0 Å². The Morgan fingerprint density at radius 1 is 1.44 bits per heavy atom. The van der Waals surface area contributed by atoms with Crippen LogP contribution in [0.5, 0.6) is 0 Å². The minimum atomic E-state index is 0.0537. The summed E-state index contributed by atoms with van der Waals surface area (Å²) >= 11 is 8.29. The van der Waals surface area contributed by atoms with E-state index in [2.05, 4.69) is 18.7 Å². The van der Waals surface area contributed by atoms with Crippen LogP contribution in [0.4, 0.5) is 5.69 Å². The Labute approximate surface area is 118 Å². The van der Waals surface area contributed by atoms with E-state index in [-0.39, 0.29) is 10.5 Å². The van der Waals surface area contributed by atoms with E-state index in [1.165, 1.54) is 0 Å². The van der Waals surface area contributed by atoms with Gasteiger partial charge in [0.15, 0.2) is 5.78 Å². The van der Waals surface area contributed by atoms with Gasteiger partial charge in [-0.1, -0.05) is 11.6 Å². The van der Waals surface area contributed by atoms with Crippen molar-refractivity contribution in [3.8, 4) is 0 Å². The zero-order valence-corrected chi connectivity index (χ0v) is 12.6. The highest BCUT2D eigenvalue weighted by Gasteiger charge is 2.28. The Morgan fingerprint density at radius 2 is 2.17 bits per heavy atom. The van der Waals surface area contributed by atoms with E-state index in [1.54, 1.807) is 13.0 Å². The van der Waals surface area contributed by atoms with Crippen molar-refractivity contribution in [2.75, 3.05) is 23.7 Å². The molecule has 1 heterocycles. The predicted octanol–water partition coefficient (Wildman–Crippen LogP) is 3.87. The van der Waals surface area contributed by atoms with Gasteiger partial charge in [0.05, 0.1) is 10.7 Å². The molecule has 1 aromatic rings. The Bertz CT molecular complexity index is 473. The van der Waals surface area contributed by atoms with Crippen molar-refractivity contribution in [3.05, 3.63) is 28.8 Å². The topological polar surface area (TPSA) is 20.3 Å². The Balaban J connectivity index is 2.26. The molecule has 0 unspecified atom stereocenters. The SMILES string of the molecule is CC(=O)c1ccc(N2CCSC(C)(C)C2)c(Cl)c1. The standard InChI is InChI=1S/C14H18ClNOS/c1-10(17)11-4-5-13(12(15)8-11)16-6-7-18-14(2,3)9-16/h4-5,8H,6-7,9H2,1-3H3. The van der Waals surface area contributed by atoms with Crippen LogP contribution in [0.15, 0.2) is 18.2 Å². The number of nitrogens with zero attached hydrogens (tertiary/aromatic N) is 1. The normalized spacial score (nSPS) is 18.8. The maximum Gasteiger partial charge on any atom is 0.159 e. The maximum atomic E-state index is 11.3. The number of rotatable bonds is 2. The zero-order valence-electron chi connectivity index (χ0n) is 11.0. The maximum absolute atomic E-state index is 11.3. The minimum absolute atomic E-state index is 0.0537. The molecule has 1 saturated heterocycles. The molecule has 0 radical (unpaired) electrons. The van der Waals surface area contributed by atoms with E-state index < -0.39 is 0 Å². The lowest BCUT2D eigenvalue weighted by Gasteiger charge is -2.39. The summed E-state index contributed by atoms with van der Waals surface area (Å²) in [6.07, 6.45) is 0. The second-order valence-corrected chi connectivity index (χ2v) is 7.46. The number of benzene rings is 1. The van der Waals surface area contributed by atoms with Gasteiger partial charge in [0.1, 0.15) is 0 Å². The second-order valence-electron chi connectivity index (χ2n) is 5.25. The molecule has 0 aromatic heterocycles. The summed E-state index contributed by atoms with van der Waals surface area (Å²) in [4.78, 5) is 13.6. The van der Waals surface area contributed by atoms with E-state index in [1.807, 2.05) is 23.9 Å². The molecule has 2 nitrogen and oxygen atoms in total. The molecule has 4 heteroatoms. The first-order valence-electron chi connectivity index (χ1n) is 6.08. The van der Waals surface area contributed by atoms with Crippen LogP contribution in [0.3, 0.4) is 0 Å². The van der Waals surface area contributed by atoms with Crippen LogP contribution in [0, 0.1) is 0 Å². The van der Waals surface area contributed by atoms with E-state index in [0.29, 0.717) is 10.6 Å². The van der Waals surface area contributed by atoms with Gasteiger partial charge in [-0.15, -0.1) is 0 Å². The molecule has 1 aliphatic heterocycles. The highest BCUT2D eigenvalue weighted by atomic mass is 35.5. The van der Waals surface area contributed by atoms with E-state index in [4.69, 9.17) is 11.6 Å². The van der Waals surface area contributed by atoms with Crippen molar-refractivity contribution in [2.24, 2.45) is 0 Å². The zero-order chi connectivity index (χ0) is 13.3. The first kappa shape index (κ1) is 13.8. The highest BCUT2D eigenvalue weighted by Crippen LogP contribution is 2.35. The second kappa shape index (κ2) is 5.14. The lowest BCUT2D eigenvalue weighted by Crippen LogP contribution is -2.43.